The van der Waals surface area contributed by atoms with Gasteiger partial charge in [-0.2, -0.15) is 0 Å². The van der Waals surface area contributed by atoms with Gasteiger partial charge in [-0.05, 0) is 114 Å². The summed E-state index contributed by atoms with van der Waals surface area (Å²) in [6.07, 6.45) is 5.67. The molecule has 2 aromatic heterocycles. The van der Waals surface area contributed by atoms with Gasteiger partial charge in [-0.3, -0.25) is 4.79 Å². The minimum atomic E-state index is -0.443. The van der Waals surface area contributed by atoms with E-state index >= 15 is 0 Å². The number of hydrogen-bond acceptors (Lipinski definition) is 8. The Bertz CT molecular complexity index is 1100. The molecule has 12 heteroatoms. The Kier molecular flexibility index (Phi) is 14.7. The molecule has 0 radical (unpaired) electrons. The Morgan fingerprint density at radius 3 is 2.05 bits per heavy atom. The van der Waals surface area contributed by atoms with Gasteiger partial charge in [-0.1, -0.05) is 0 Å². The predicted octanol–water partition coefficient (Wildman–Crippen LogP) is 6.37. The van der Waals surface area contributed by atoms with Gasteiger partial charge in [-0.25, -0.2) is 23.5 Å². The molecular weight excluding hydrogens is 624 g/mol. The number of nitrogens with zero attached hydrogens (tertiary/aromatic N) is 4. The molecule has 2 saturated heterocycles. The Labute approximate surface area is 262 Å². The van der Waals surface area contributed by atoms with E-state index in [1.54, 1.807) is 17.0 Å². The number of rotatable bonds is 2. The van der Waals surface area contributed by atoms with Crippen molar-refractivity contribution in [3.8, 4) is 0 Å². The minimum Gasteiger partial charge on any atom is -0.460 e. The summed E-state index contributed by atoms with van der Waals surface area (Å²) in [7, 11) is 0. The first kappa shape index (κ1) is 36.3. The smallest absolute Gasteiger partial charge is 0.410 e. The van der Waals surface area contributed by atoms with Gasteiger partial charge in [0.05, 0.1) is 18.3 Å². The number of hydrogen-bond donors (Lipinski definition) is 1. The van der Waals surface area contributed by atoms with Gasteiger partial charge in [0.1, 0.15) is 33.3 Å². The van der Waals surface area contributed by atoms with E-state index in [4.69, 9.17) is 9.47 Å². The average molecular weight is 671 g/mol. The first-order valence-electron chi connectivity index (χ1n) is 14.7. The highest BCUT2D eigenvalue weighted by Gasteiger charge is 2.28. The summed E-state index contributed by atoms with van der Waals surface area (Å²) in [6, 6.07) is 5.99. The lowest BCUT2D eigenvalue weighted by molar-refractivity contribution is -0.160. The van der Waals surface area contributed by atoms with Gasteiger partial charge in [0.25, 0.3) is 0 Å². The monoisotopic (exact) mass is 669 g/mol. The second kappa shape index (κ2) is 17.4. The molecule has 0 aromatic carbocycles. The van der Waals surface area contributed by atoms with Gasteiger partial charge in [0.15, 0.2) is 0 Å². The molecule has 0 bridgehead atoms. The van der Waals surface area contributed by atoms with Crippen molar-refractivity contribution in [2.24, 2.45) is 5.92 Å². The largest absolute Gasteiger partial charge is 0.460 e. The van der Waals surface area contributed by atoms with Gasteiger partial charge < -0.3 is 24.6 Å². The van der Waals surface area contributed by atoms with Crippen molar-refractivity contribution in [1.82, 2.24) is 20.2 Å². The lowest BCUT2D eigenvalue weighted by Gasteiger charge is -2.26. The minimum absolute atomic E-state index is 0.0605. The fourth-order valence-electron chi connectivity index (χ4n) is 4.21. The Morgan fingerprint density at radius 1 is 0.837 bits per heavy atom. The van der Waals surface area contributed by atoms with Crippen LogP contribution in [-0.2, 0) is 14.3 Å². The number of anilines is 1. The normalized spacial score (nSPS) is 17.7. The average Bonchev–Trinajstić information content (AvgIpc) is 3.34. The molecule has 2 aliphatic heterocycles. The van der Waals surface area contributed by atoms with Gasteiger partial charge in [0, 0.05) is 32.7 Å². The molecular formula is C31H46BrF2N5O4. The van der Waals surface area contributed by atoms with Crippen LogP contribution in [0.15, 0.2) is 41.3 Å². The molecule has 2 aliphatic rings. The third-order valence-electron chi connectivity index (χ3n) is 6.19. The second-order valence-corrected chi connectivity index (χ2v) is 13.2. The van der Waals surface area contributed by atoms with E-state index in [1.165, 1.54) is 18.3 Å². The maximum atomic E-state index is 12.9. The number of halogens is 3. The van der Waals surface area contributed by atoms with Crippen molar-refractivity contribution >= 4 is 33.8 Å². The van der Waals surface area contributed by atoms with Crippen molar-refractivity contribution in [1.29, 1.82) is 0 Å². The molecule has 0 spiro atoms. The van der Waals surface area contributed by atoms with E-state index in [0.29, 0.717) is 4.60 Å². The summed E-state index contributed by atoms with van der Waals surface area (Å²) >= 11 is 3.07. The quantitative estimate of drug-likeness (QED) is 0.291. The summed E-state index contributed by atoms with van der Waals surface area (Å²) in [5.41, 5.74) is -0.835. The summed E-state index contributed by atoms with van der Waals surface area (Å²) in [6.45, 7) is 16.3. The first-order chi connectivity index (χ1) is 20.1. The fourth-order valence-corrected chi connectivity index (χ4v) is 4.45. The zero-order valence-electron chi connectivity index (χ0n) is 26.2. The molecule has 9 nitrogen and oxygen atoms in total. The van der Waals surface area contributed by atoms with Crippen LogP contribution >= 0.6 is 15.9 Å². The number of esters is 1. The van der Waals surface area contributed by atoms with Crippen LogP contribution in [0, 0.1) is 17.6 Å². The van der Waals surface area contributed by atoms with E-state index in [1.807, 2.05) is 41.5 Å². The Hall–Kier alpha value is -2.86. The highest BCUT2D eigenvalue weighted by atomic mass is 79.9. The first-order valence-corrected chi connectivity index (χ1v) is 15.5. The third kappa shape index (κ3) is 15.4. The summed E-state index contributed by atoms with van der Waals surface area (Å²) in [5, 5.41) is 3.25. The fraction of sp³-hybridized carbons (Fsp3) is 0.613. The molecule has 1 amide bonds. The molecule has 4 rings (SSSR count). The Morgan fingerprint density at radius 2 is 1.49 bits per heavy atom. The maximum Gasteiger partial charge on any atom is 0.410 e. The highest BCUT2D eigenvalue weighted by molar-refractivity contribution is 9.10. The molecule has 1 N–H and O–H groups in total. The van der Waals surface area contributed by atoms with Crippen LogP contribution in [0.2, 0.25) is 0 Å². The SMILES string of the molecule is CC(C)(C)OC(=O)C1CCCN(c2ccc(F)cn2)CC1.CC(C)(C)OC(=O)N1CCCNCC1.Fc1ccc(Br)nc1. The van der Waals surface area contributed by atoms with E-state index in [-0.39, 0.29) is 29.6 Å². The van der Waals surface area contributed by atoms with Crippen molar-refractivity contribution in [3.63, 3.8) is 0 Å². The second-order valence-electron chi connectivity index (χ2n) is 12.4. The van der Waals surface area contributed by atoms with Crippen molar-refractivity contribution in [2.45, 2.75) is 78.4 Å². The molecule has 2 fully saturated rings. The van der Waals surface area contributed by atoms with E-state index in [9.17, 15) is 18.4 Å². The van der Waals surface area contributed by atoms with Crippen molar-refractivity contribution < 1.29 is 27.8 Å². The van der Waals surface area contributed by atoms with Crippen LogP contribution in [0.5, 0.6) is 0 Å². The lowest BCUT2D eigenvalue weighted by atomic mass is 10.0. The van der Waals surface area contributed by atoms with Gasteiger partial charge in [-0.15, -0.1) is 0 Å². The number of pyridine rings is 2. The standard InChI is InChI=1S/C16H23FN2O2.C10H20N2O2.C5H3BrFN/c1-16(2,3)21-15(20)12-5-4-9-19(10-8-12)14-7-6-13(17)11-18-14;1-10(2,3)14-9(13)12-7-4-5-11-6-8-12;6-5-2-1-4(7)3-8-5/h6-7,11-12H,4-5,8-10H2,1-3H3;11H,4-8H2,1-3H3;1-3H. The molecule has 1 atom stereocenters. The molecule has 240 valence electrons. The molecule has 2 aromatic rings. The maximum absolute atomic E-state index is 12.9. The highest BCUT2D eigenvalue weighted by Crippen LogP contribution is 2.24. The lowest BCUT2D eigenvalue weighted by Crippen LogP contribution is -2.38. The molecule has 1 unspecified atom stereocenters. The number of carbonyl (C=O) groups excluding carboxylic acids is 2. The summed E-state index contributed by atoms with van der Waals surface area (Å²) in [5.74, 6) is -0.0549. The number of carbonyl (C=O) groups is 2. The topological polar surface area (TPSA) is 96.9 Å². The van der Waals surface area contributed by atoms with Crippen LogP contribution in [0.4, 0.5) is 19.4 Å². The number of nitrogens with one attached hydrogen (secondary N) is 1. The summed E-state index contributed by atoms with van der Waals surface area (Å²) in [4.78, 5) is 35.4. The van der Waals surface area contributed by atoms with Crippen LogP contribution in [0.3, 0.4) is 0 Å². The molecule has 0 saturated carbocycles. The van der Waals surface area contributed by atoms with Crippen LogP contribution in [0.1, 0.15) is 67.2 Å². The van der Waals surface area contributed by atoms with Gasteiger partial charge >= 0.3 is 12.1 Å². The van der Waals surface area contributed by atoms with Crippen LogP contribution in [-0.4, -0.2) is 77.4 Å². The zero-order chi connectivity index (χ0) is 32.0. The van der Waals surface area contributed by atoms with Gasteiger partial charge in [0.2, 0.25) is 0 Å². The third-order valence-corrected chi connectivity index (χ3v) is 6.66. The predicted molar refractivity (Wildman–Crippen MR) is 167 cm³/mol. The number of ether oxygens (including phenoxy) is 2. The number of aromatic nitrogens is 2. The van der Waals surface area contributed by atoms with Crippen molar-refractivity contribution in [3.05, 3.63) is 52.9 Å². The van der Waals surface area contributed by atoms with E-state index in [0.717, 1.165) is 77.0 Å². The zero-order valence-corrected chi connectivity index (χ0v) is 27.8. The van der Waals surface area contributed by atoms with E-state index < -0.39 is 11.2 Å². The van der Waals surface area contributed by atoms with Crippen LogP contribution < -0.4 is 10.2 Å². The molecule has 43 heavy (non-hydrogen) atoms. The summed E-state index contributed by atoms with van der Waals surface area (Å²) < 4.78 is 36.3. The van der Waals surface area contributed by atoms with E-state index in [2.05, 4.69) is 36.1 Å². The molecule has 0 aliphatic carbocycles. The number of amides is 1. The van der Waals surface area contributed by atoms with Crippen molar-refractivity contribution in [2.75, 3.05) is 44.2 Å². The molecule has 4 heterocycles. The van der Waals surface area contributed by atoms with Crippen LogP contribution in [0.25, 0.3) is 0 Å². The Balaban J connectivity index is 0.000000251.